The Bertz CT molecular complexity index is 317. The Morgan fingerprint density at radius 2 is 2.15 bits per heavy atom. The number of rotatable bonds is 2. The molecule has 3 nitrogen and oxygen atoms in total. The molecule has 2 N–H and O–H groups in total. The highest BCUT2D eigenvalue weighted by Gasteiger charge is 2.15. The number of anilines is 1. The van der Waals surface area contributed by atoms with Gasteiger partial charge in [-0.25, -0.2) is 13.8 Å². The minimum absolute atomic E-state index is 0.136. The van der Waals surface area contributed by atoms with E-state index >= 15 is 0 Å². The summed E-state index contributed by atoms with van der Waals surface area (Å²) in [6.45, 7) is 0. The summed E-state index contributed by atoms with van der Waals surface area (Å²) in [7, 11) is 1.21. The van der Waals surface area contributed by atoms with Gasteiger partial charge in [0.05, 0.1) is 7.11 Å². The largest absolute Gasteiger partial charge is 0.494 e. The Balaban J connectivity index is 3.22. The van der Waals surface area contributed by atoms with E-state index in [0.717, 1.165) is 6.07 Å². The molecule has 0 aromatic carbocycles. The molecular formula is C7H7F3N2O. The van der Waals surface area contributed by atoms with Gasteiger partial charge in [-0.15, -0.1) is 0 Å². The average molecular weight is 192 g/mol. The molecular weight excluding hydrogens is 185 g/mol. The lowest BCUT2D eigenvalue weighted by Crippen LogP contribution is -2.02. The van der Waals surface area contributed by atoms with Crippen LogP contribution in [0.4, 0.5) is 18.9 Å². The van der Waals surface area contributed by atoms with Crippen LogP contribution in [0.1, 0.15) is 12.1 Å². The molecule has 0 aliphatic heterocycles. The van der Waals surface area contributed by atoms with Crippen molar-refractivity contribution in [3.8, 4) is 5.75 Å². The van der Waals surface area contributed by atoms with Crippen molar-refractivity contribution in [3.05, 3.63) is 17.7 Å². The molecule has 6 heteroatoms. The van der Waals surface area contributed by atoms with Crippen LogP contribution < -0.4 is 10.5 Å². The number of pyridine rings is 1. The highest BCUT2D eigenvalue weighted by molar-refractivity contribution is 5.52. The molecule has 72 valence electrons. The van der Waals surface area contributed by atoms with Gasteiger partial charge in [0, 0.05) is 6.07 Å². The lowest BCUT2D eigenvalue weighted by atomic mass is 10.3. The Labute approximate surface area is 72.3 Å². The van der Waals surface area contributed by atoms with Gasteiger partial charge >= 0.3 is 0 Å². The van der Waals surface area contributed by atoms with Gasteiger partial charge in [0.15, 0.2) is 0 Å². The lowest BCUT2D eigenvalue weighted by Gasteiger charge is -2.06. The van der Waals surface area contributed by atoms with E-state index in [1.807, 2.05) is 0 Å². The summed E-state index contributed by atoms with van der Waals surface area (Å²) in [5, 5.41) is 0. The Morgan fingerprint density at radius 1 is 1.54 bits per heavy atom. The summed E-state index contributed by atoms with van der Waals surface area (Å²) in [5.41, 5.74) is 4.09. The zero-order chi connectivity index (χ0) is 10.0. The number of methoxy groups -OCH3 is 1. The van der Waals surface area contributed by atoms with Crippen molar-refractivity contribution in [1.29, 1.82) is 0 Å². The van der Waals surface area contributed by atoms with Gasteiger partial charge in [-0.05, 0) is 0 Å². The smallest absolute Gasteiger partial charge is 0.280 e. The third kappa shape index (κ3) is 1.82. The van der Waals surface area contributed by atoms with E-state index in [9.17, 15) is 13.2 Å². The molecule has 0 fully saturated rings. The third-order valence-electron chi connectivity index (χ3n) is 1.44. The summed E-state index contributed by atoms with van der Waals surface area (Å²) in [4.78, 5) is 2.96. The second-order valence-corrected chi connectivity index (χ2v) is 2.25. The number of nitrogen functional groups attached to an aromatic ring is 1. The first kappa shape index (κ1) is 9.63. The number of halogens is 3. The highest BCUT2D eigenvalue weighted by atomic mass is 19.3. The highest BCUT2D eigenvalue weighted by Crippen LogP contribution is 2.27. The standard InChI is InChI=1S/C7H7F3N2O/c1-13-4-2-3(6(8)9)12-7(10)5(4)11/h2,6H,11H2,1H3. The van der Waals surface area contributed by atoms with E-state index in [1.165, 1.54) is 7.11 Å². The second kappa shape index (κ2) is 3.51. The fourth-order valence-electron chi connectivity index (χ4n) is 0.800. The number of ether oxygens (including phenoxy) is 1. The summed E-state index contributed by atoms with van der Waals surface area (Å²) >= 11 is 0. The molecule has 0 unspecified atom stereocenters. The zero-order valence-electron chi connectivity index (χ0n) is 6.72. The fraction of sp³-hybridized carbons (Fsp3) is 0.286. The normalized spacial score (nSPS) is 10.5. The Hall–Kier alpha value is -1.46. The predicted molar refractivity (Wildman–Crippen MR) is 40.1 cm³/mol. The minimum Gasteiger partial charge on any atom is -0.494 e. The van der Waals surface area contributed by atoms with Crippen LogP contribution in [0.15, 0.2) is 6.07 Å². The van der Waals surface area contributed by atoms with E-state index in [4.69, 9.17) is 5.73 Å². The average Bonchev–Trinajstić information content (AvgIpc) is 2.09. The maximum atomic E-state index is 12.7. The van der Waals surface area contributed by atoms with E-state index in [2.05, 4.69) is 9.72 Å². The first-order valence-electron chi connectivity index (χ1n) is 3.34. The number of hydrogen-bond donors (Lipinski definition) is 1. The van der Waals surface area contributed by atoms with E-state index in [-0.39, 0.29) is 11.4 Å². The monoisotopic (exact) mass is 192 g/mol. The van der Waals surface area contributed by atoms with Crippen LogP contribution >= 0.6 is 0 Å². The van der Waals surface area contributed by atoms with E-state index < -0.39 is 18.1 Å². The molecule has 0 radical (unpaired) electrons. The topological polar surface area (TPSA) is 48.1 Å². The molecule has 0 bridgehead atoms. The predicted octanol–water partition coefficient (Wildman–Crippen LogP) is 1.75. The molecule has 13 heavy (non-hydrogen) atoms. The quantitative estimate of drug-likeness (QED) is 0.726. The van der Waals surface area contributed by atoms with Gasteiger partial charge in [0.2, 0.25) is 5.95 Å². The number of alkyl halides is 2. The molecule has 0 amide bonds. The summed E-state index contributed by atoms with van der Waals surface area (Å²) in [5.74, 6) is -1.28. The van der Waals surface area contributed by atoms with Crippen LogP contribution in [0.2, 0.25) is 0 Å². The van der Waals surface area contributed by atoms with Gasteiger partial charge in [0.1, 0.15) is 17.1 Å². The molecule has 0 atom stereocenters. The van der Waals surface area contributed by atoms with Gasteiger partial charge in [-0.1, -0.05) is 0 Å². The van der Waals surface area contributed by atoms with Crippen LogP contribution in [-0.4, -0.2) is 12.1 Å². The lowest BCUT2D eigenvalue weighted by molar-refractivity contribution is 0.144. The number of aromatic nitrogens is 1. The first-order valence-corrected chi connectivity index (χ1v) is 3.34. The van der Waals surface area contributed by atoms with Crippen molar-refractivity contribution >= 4 is 5.69 Å². The van der Waals surface area contributed by atoms with Gasteiger partial charge in [-0.2, -0.15) is 4.39 Å². The fourth-order valence-corrected chi connectivity index (χ4v) is 0.800. The van der Waals surface area contributed by atoms with Crippen molar-refractivity contribution in [2.45, 2.75) is 6.43 Å². The molecule has 1 heterocycles. The number of hydrogen-bond acceptors (Lipinski definition) is 3. The van der Waals surface area contributed by atoms with Crippen LogP contribution in [0.25, 0.3) is 0 Å². The molecule has 1 aromatic heterocycles. The SMILES string of the molecule is COc1cc(C(F)F)nc(F)c1N. The third-order valence-corrected chi connectivity index (χ3v) is 1.44. The van der Waals surface area contributed by atoms with Crippen LogP contribution in [0.5, 0.6) is 5.75 Å². The molecule has 0 saturated heterocycles. The summed E-state index contributed by atoms with van der Waals surface area (Å²) < 4.78 is 41.5. The summed E-state index contributed by atoms with van der Waals surface area (Å²) in [6.07, 6.45) is -2.84. The van der Waals surface area contributed by atoms with E-state index in [1.54, 1.807) is 0 Å². The van der Waals surface area contributed by atoms with Gasteiger partial charge in [0.25, 0.3) is 6.43 Å². The second-order valence-electron chi connectivity index (χ2n) is 2.25. The Kier molecular flexibility index (Phi) is 2.60. The Morgan fingerprint density at radius 3 is 2.62 bits per heavy atom. The molecule has 1 rings (SSSR count). The molecule has 0 saturated carbocycles. The zero-order valence-corrected chi connectivity index (χ0v) is 6.72. The van der Waals surface area contributed by atoms with Crippen molar-refractivity contribution in [2.75, 3.05) is 12.8 Å². The van der Waals surface area contributed by atoms with Crippen molar-refractivity contribution < 1.29 is 17.9 Å². The van der Waals surface area contributed by atoms with Crippen LogP contribution in [0, 0.1) is 5.95 Å². The molecule has 1 aromatic rings. The van der Waals surface area contributed by atoms with Crippen molar-refractivity contribution in [2.24, 2.45) is 0 Å². The number of nitrogens with two attached hydrogens (primary N) is 1. The van der Waals surface area contributed by atoms with Crippen LogP contribution in [0.3, 0.4) is 0 Å². The summed E-state index contributed by atoms with van der Waals surface area (Å²) in [6, 6.07) is 0.906. The maximum Gasteiger partial charge on any atom is 0.280 e. The molecule has 0 spiro atoms. The van der Waals surface area contributed by atoms with Crippen molar-refractivity contribution in [3.63, 3.8) is 0 Å². The van der Waals surface area contributed by atoms with Crippen molar-refractivity contribution in [1.82, 2.24) is 4.98 Å². The number of nitrogens with zero attached hydrogens (tertiary/aromatic N) is 1. The van der Waals surface area contributed by atoms with Gasteiger partial charge in [-0.3, -0.25) is 0 Å². The van der Waals surface area contributed by atoms with E-state index in [0.29, 0.717) is 0 Å². The molecule has 0 aliphatic rings. The maximum absolute atomic E-state index is 12.7. The van der Waals surface area contributed by atoms with Crippen LogP contribution in [-0.2, 0) is 0 Å². The first-order chi connectivity index (χ1) is 6.06. The van der Waals surface area contributed by atoms with Gasteiger partial charge < -0.3 is 10.5 Å². The molecule has 0 aliphatic carbocycles. The minimum atomic E-state index is -2.84.